The van der Waals surface area contributed by atoms with Gasteiger partial charge in [-0.05, 0) is 36.9 Å². The first-order chi connectivity index (χ1) is 7.70. The molecule has 1 aromatic rings. The Morgan fingerprint density at radius 2 is 2.38 bits per heavy atom. The van der Waals surface area contributed by atoms with E-state index in [1.54, 1.807) is 6.07 Å². The molecule has 2 amide bonds. The molecule has 1 fully saturated rings. The molecular formula is C10H11N3O2S. The molecule has 0 aromatic carbocycles. The van der Waals surface area contributed by atoms with E-state index in [1.165, 1.54) is 28.5 Å². The number of anilines is 1. The fourth-order valence-corrected chi connectivity index (χ4v) is 2.12. The van der Waals surface area contributed by atoms with E-state index < -0.39 is 5.91 Å². The lowest BCUT2D eigenvalue weighted by Gasteiger charge is -2.15. The summed E-state index contributed by atoms with van der Waals surface area (Å²) in [7, 11) is 0. The highest BCUT2D eigenvalue weighted by molar-refractivity contribution is 8.02. The van der Waals surface area contributed by atoms with E-state index >= 15 is 0 Å². The number of carbonyl (C=O) groups excluding carboxylic acids is 2. The van der Waals surface area contributed by atoms with Gasteiger partial charge in [0.1, 0.15) is 5.69 Å². The van der Waals surface area contributed by atoms with Crippen LogP contribution in [0.2, 0.25) is 0 Å². The number of aromatic nitrogens is 1. The molecule has 0 unspecified atom stereocenters. The predicted molar refractivity (Wildman–Crippen MR) is 61.9 cm³/mol. The van der Waals surface area contributed by atoms with Crippen LogP contribution >= 0.6 is 11.9 Å². The quantitative estimate of drug-likeness (QED) is 0.611. The van der Waals surface area contributed by atoms with Crippen LogP contribution in [-0.4, -0.2) is 22.6 Å². The van der Waals surface area contributed by atoms with E-state index in [0.717, 1.165) is 19.3 Å². The smallest absolute Gasteiger partial charge is 0.267 e. The molecule has 1 saturated carbocycles. The molecule has 1 heterocycles. The van der Waals surface area contributed by atoms with Gasteiger partial charge in [0.25, 0.3) is 5.91 Å². The third-order valence-corrected chi connectivity index (χ3v) is 3.43. The summed E-state index contributed by atoms with van der Waals surface area (Å²) in [4.78, 5) is 25.7. The third kappa shape index (κ3) is 2.52. The first-order valence-electron chi connectivity index (χ1n) is 4.88. The lowest BCUT2D eigenvalue weighted by molar-refractivity contribution is -0.106. The molecule has 1 aliphatic rings. The van der Waals surface area contributed by atoms with Crippen molar-refractivity contribution in [2.24, 2.45) is 5.73 Å². The van der Waals surface area contributed by atoms with E-state index in [2.05, 4.69) is 4.98 Å². The molecule has 2 N–H and O–H groups in total. The second kappa shape index (κ2) is 4.52. The van der Waals surface area contributed by atoms with Crippen molar-refractivity contribution < 1.29 is 9.59 Å². The number of hydrogen-bond acceptors (Lipinski definition) is 4. The summed E-state index contributed by atoms with van der Waals surface area (Å²) in [5.74, 6) is -0.593. The molecule has 84 valence electrons. The normalized spacial score (nSPS) is 14.5. The summed E-state index contributed by atoms with van der Waals surface area (Å²) in [6.45, 7) is 0. The van der Waals surface area contributed by atoms with Gasteiger partial charge in [-0.2, -0.15) is 0 Å². The molecule has 2 rings (SSSR count). The first-order valence-corrected chi connectivity index (χ1v) is 5.71. The maximum absolute atomic E-state index is 10.9. The summed E-state index contributed by atoms with van der Waals surface area (Å²) in [5, 5.41) is 0.510. The lowest BCUT2D eigenvalue weighted by Crippen LogP contribution is -2.16. The number of nitrogens with two attached hydrogens (primary N) is 1. The Morgan fingerprint density at radius 1 is 1.62 bits per heavy atom. The molecule has 0 spiro atoms. The summed E-state index contributed by atoms with van der Waals surface area (Å²) < 4.78 is 1.51. The zero-order valence-electron chi connectivity index (χ0n) is 8.50. The Kier molecular flexibility index (Phi) is 3.09. The van der Waals surface area contributed by atoms with Crippen LogP contribution in [-0.2, 0) is 4.79 Å². The Morgan fingerprint density at radius 3 is 2.94 bits per heavy atom. The molecule has 0 atom stereocenters. The van der Waals surface area contributed by atoms with E-state index in [1.807, 2.05) is 0 Å². The highest BCUT2D eigenvalue weighted by Crippen LogP contribution is 2.37. The van der Waals surface area contributed by atoms with Gasteiger partial charge in [0, 0.05) is 11.4 Å². The number of rotatable bonds is 5. The summed E-state index contributed by atoms with van der Waals surface area (Å²) in [6.07, 6.45) is 4.47. The van der Waals surface area contributed by atoms with Gasteiger partial charge in [0.2, 0.25) is 6.41 Å². The van der Waals surface area contributed by atoms with Crippen LogP contribution < -0.4 is 10.0 Å². The van der Waals surface area contributed by atoms with Crippen molar-refractivity contribution in [2.75, 3.05) is 4.31 Å². The van der Waals surface area contributed by atoms with Gasteiger partial charge in [-0.3, -0.25) is 18.9 Å². The molecule has 16 heavy (non-hydrogen) atoms. The van der Waals surface area contributed by atoms with Gasteiger partial charge in [0.15, 0.2) is 0 Å². The van der Waals surface area contributed by atoms with Crippen molar-refractivity contribution in [1.29, 1.82) is 0 Å². The largest absolute Gasteiger partial charge is 0.364 e. The van der Waals surface area contributed by atoms with E-state index in [4.69, 9.17) is 5.73 Å². The zero-order chi connectivity index (χ0) is 11.5. The van der Waals surface area contributed by atoms with E-state index in [0.29, 0.717) is 10.9 Å². The van der Waals surface area contributed by atoms with Crippen LogP contribution in [0.3, 0.4) is 0 Å². The predicted octanol–water partition coefficient (Wildman–Crippen LogP) is 0.954. The van der Waals surface area contributed by atoms with Crippen LogP contribution in [0.15, 0.2) is 18.3 Å². The van der Waals surface area contributed by atoms with Gasteiger partial charge in [0.05, 0.1) is 5.69 Å². The molecule has 6 heteroatoms. The highest BCUT2D eigenvalue weighted by atomic mass is 32.2. The molecule has 0 bridgehead atoms. The van der Waals surface area contributed by atoms with Gasteiger partial charge < -0.3 is 5.73 Å². The van der Waals surface area contributed by atoms with Crippen LogP contribution in [0.5, 0.6) is 0 Å². The van der Waals surface area contributed by atoms with Crippen molar-refractivity contribution >= 4 is 30.0 Å². The molecule has 0 saturated heterocycles. The minimum absolute atomic E-state index is 0.167. The number of pyridine rings is 1. The Hall–Kier alpha value is -1.56. The van der Waals surface area contributed by atoms with Crippen molar-refractivity contribution in [3.8, 4) is 0 Å². The maximum atomic E-state index is 10.9. The second-order valence-corrected chi connectivity index (χ2v) is 4.77. The second-order valence-electron chi connectivity index (χ2n) is 3.50. The van der Waals surface area contributed by atoms with Crippen LogP contribution in [0.4, 0.5) is 5.69 Å². The van der Waals surface area contributed by atoms with Crippen molar-refractivity contribution in [1.82, 2.24) is 4.98 Å². The molecular weight excluding hydrogens is 226 g/mol. The fraction of sp³-hybridized carbons (Fsp3) is 0.300. The van der Waals surface area contributed by atoms with Gasteiger partial charge in [-0.25, -0.2) is 0 Å². The number of primary amides is 1. The van der Waals surface area contributed by atoms with Crippen molar-refractivity contribution in [2.45, 2.75) is 18.1 Å². The minimum Gasteiger partial charge on any atom is -0.364 e. The van der Waals surface area contributed by atoms with E-state index in [-0.39, 0.29) is 5.69 Å². The standard InChI is InChI=1S/C10H11N3O2S/c11-10(15)9-5-7(3-4-12-9)13(6-14)16-8-1-2-8/h3-6,8H,1-2H2,(H2,11,15). The number of hydrogen-bond donors (Lipinski definition) is 1. The molecule has 1 aromatic heterocycles. The first kappa shape index (κ1) is 10.9. The van der Waals surface area contributed by atoms with E-state index in [9.17, 15) is 9.59 Å². The summed E-state index contributed by atoms with van der Waals surface area (Å²) in [5.41, 5.74) is 5.93. The monoisotopic (exact) mass is 237 g/mol. The topological polar surface area (TPSA) is 76.3 Å². The lowest BCUT2D eigenvalue weighted by atomic mass is 10.3. The third-order valence-electron chi connectivity index (χ3n) is 2.13. The highest BCUT2D eigenvalue weighted by Gasteiger charge is 2.26. The number of amides is 2. The summed E-state index contributed by atoms with van der Waals surface area (Å²) in [6, 6.07) is 3.20. The Balaban J connectivity index is 2.19. The van der Waals surface area contributed by atoms with Gasteiger partial charge in [-0.1, -0.05) is 0 Å². The van der Waals surface area contributed by atoms with Crippen LogP contribution in [0.1, 0.15) is 23.3 Å². The number of carbonyl (C=O) groups is 2. The Bertz CT molecular complexity index is 420. The zero-order valence-corrected chi connectivity index (χ0v) is 9.31. The molecule has 5 nitrogen and oxygen atoms in total. The average molecular weight is 237 g/mol. The van der Waals surface area contributed by atoms with Crippen LogP contribution in [0.25, 0.3) is 0 Å². The summed E-state index contributed by atoms with van der Waals surface area (Å²) >= 11 is 1.47. The van der Waals surface area contributed by atoms with Gasteiger partial charge >= 0.3 is 0 Å². The molecule has 1 aliphatic carbocycles. The minimum atomic E-state index is -0.593. The van der Waals surface area contributed by atoms with Crippen molar-refractivity contribution in [3.05, 3.63) is 24.0 Å². The maximum Gasteiger partial charge on any atom is 0.267 e. The molecule has 0 aliphatic heterocycles. The number of nitrogens with zero attached hydrogens (tertiary/aromatic N) is 2. The van der Waals surface area contributed by atoms with Crippen LogP contribution in [0, 0.1) is 0 Å². The average Bonchev–Trinajstić information content (AvgIpc) is 3.10. The van der Waals surface area contributed by atoms with Crippen molar-refractivity contribution in [3.63, 3.8) is 0 Å². The fourth-order valence-electron chi connectivity index (χ4n) is 1.17. The van der Waals surface area contributed by atoms with Gasteiger partial charge in [-0.15, -0.1) is 0 Å². The SMILES string of the molecule is NC(=O)c1cc(N(C=O)SC2CC2)ccn1. The molecule has 0 radical (unpaired) electrons. The Labute approximate surface area is 97.2 Å².